The van der Waals surface area contributed by atoms with Crippen LogP contribution >= 0.6 is 0 Å². The largest absolute Gasteiger partial charge is 0.434 e. The van der Waals surface area contributed by atoms with Gasteiger partial charge < -0.3 is 4.74 Å². The van der Waals surface area contributed by atoms with E-state index in [4.69, 9.17) is 4.74 Å². The van der Waals surface area contributed by atoms with Gasteiger partial charge in [-0.05, 0) is 5.56 Å². The molecule has 0 spiro atoms. The number of hydrogen-bond acceptors (Lipinski definition) is 2. The second kappa shape index (κ2) is 4.46. The maximum absolute atomic E-state index is 5.16. The summed E-state index contributed by atoms with van der Waals surface area (Å²) >= 11 is 0. The number of hydrogen-bond donors (Lipinski definition) is 0. The lowest BCUT2D eigenvalue weighted by atomic mass is 10.2. The fourth-order valence-corrected chi connectivity index (χ4v) is 1.39. The molecule has 0 aliphatic heterocycles. The average Bonchev–Trinajstić information content (AvgIpc) is 2.68. The molecule has 1 aromatic carbocycles. The van der Waals surface area contributed by atoms with Gasteiger partial charge in [-0.15, -0.1) is 0 Å². The van der Waals surface area contributed by atoms with E-state index in [0.29, 0.717) is 6.01 Å². The van der Waals surface area contributed by atoms with Crippen LogP contribution in [0.3, 0.4) is 0 Å². The molecule has 0 radical (unpaired) electrons. The molecule has 1 aromatic heterocycles. The summed E-state index contributed by atoms with van der Waals surface area (Å²) in [6.07, 6.45) is 4.97. The van der Waals surface area contributed by atoms with Gasteiger partial charge in [0.25, 0.3) is 0 Å². The van der Waals surface area contributed by atoms with E-state index in [1.807, 2.05) is 29.0 Å². The molecule has 0 atom stereocenters. The molecule has 0 aliphatic rings. The summed E-state index contributed by atoms with van der Waals surface area (Å²) in [6.45, 7) is 4.26. The predicted molar refractivity (Wildman–Crippen MR) is 58.6 cm³/mol. The highest BCUT2D eigenvalue weighted by atomic mass is 16.5. The first-order chi connectivity index (χ1) is 7.40. The summed E-state index contributed by atoms with van der Waals surface area (Å²) in [7, 11) is 0. The first-order valence-corrected chi connectivity index (χ1v) is 4.73. The lowest BCUT2D eigenvalue weighted by molar-refractivity contribution is 0.418. The van der Waals surface area contributed by atoms with Gasteiger partial charge in [0.2, 0.25) is 0 Å². The third kappa shape index (κ3) is 2.26. The Labute approximate surface area is 88.6 Å². The quantitative estimate of drug-likeness (QED) is 0.709. The third-order valence-electron chi connectivity index (χ3n) is 2.06. The van der Waals surface area contributed by atoms with E-state index in [2.05, 4.69) is 23.7 Å². The Morgan fingerprint density at radius 2 is 2.13 bits per heavy atom. The van der Waals surface area contributed by atoms with Crippen LogP contribution in [0.5, 0.6) is 6.01 Å². The van der Waals surface area contributed by atoms with Gasteiger partial charge in [-0.1, -0.05) is 36.9 Å². The van der Waals surface area contributed by atoms with Crippen LogP contribution < -0.4 is 4.74 Å². The van der Waals surface area contributed by atoms with E-state index in [0.717, 1.165) is 6.54 Å². The molecular weight excluding hydrogens is 188 g/mol. The third-order valence-corrected chi connectivity index (χ3v) is 2.06. The number of imidazole rings is 1. The van der Waals surface area contributed by atoms with Crippen LogP contribution in [0.25, 0.3) is 0 Å². The molecule has 2 aromatic rings. The first kappa shape index (κ1) is 9.52. The summed E-state index contributed by atoms with van der Waals surface area (Å²) in [6, 6.07) is 10.7. The van der Waals surface area contributed by atoms with Crippen molar-refractivity contribution in [2.45, 2.75) is 6.54 Å². The molecule has 0 fully saturated rings. The van der Waals surface area contributed by atoms with Crippen molar-refractivity contribution < 1.29 is 4.74 Å². The molecule has 3 nitrogen and oxygen atoms in total. The van der Waals surface area contributed by atoms with Crippen molar-refractivity contribution in [2.24, 2.45) is 0 Å². The number of aromatic nitrogens is 2. The first-order valence-electron chi connectivity index (χ1n) is 4.73. The molecule has 0 saturated carbocycles. The summed E-state index contributed by atoms with van der Waals surface area (Å²) in [5, 5.41) is 0. The number of rotatable bonds is 4. The van der Waals surface area contributed by atoms with E-state index in [1.54, 1.807) is 6.20 Å². The van der Waals surface area contributed by atoms with Crippen molar-refractivity contribution >= 4 is 0 Å². The normalized spacial score (nSPS) is 9.87. The Bertz CT molecular complexity index is 434. The molecule has 0 bridgehead atoms. The van der Waals surface area contributed by atoms with Gasteiger partial charge in [-0.2, -0.15) is 0 Å². The van der Waals surface area contributed by atoms with Crippen molar-refractivity contribution in [1.82, 2.24) is 9.55 Å². The highest BCUT2D eigenvalue weighted by Crippen LogP contribution is 2.11. The van der Waals surface area contributed by atoms with Gasteiger partial charge >= 0.3 is 6.01 Å². The Kier molecular flexibility index (Phi) is 2.83. The van der Waals surface area contributed by atoms with Crippen molar-refractivity contribution in [3.8, 4) is 6.01 Å². The van der Waals surface area contributed by atoms with E-state index in [1.165, 1.54) is 11.8 Å². The predicted octanol–water partition coefficient (Wildman–Crippen LogP) is 2.45. The Balaban J connectivity index is 2.17. The van der Waals surface area contributed by atoms with Crippen LogP contribution in [0.1, 0.15) is 5.56 Å². The molecule has 0 amide bonds. The number of nitrogens with zero attached hydrogens (tertiary/aromatic N) is 2. The molecule has 0 N–H and O–H groups in total. The van der Waals surface area contributed by atoms with Crippen molar-refractivity contribution in [3.63, 3.8) is 0 Å². The summed E-state index contributed by atoms with van der Waals surface area (Å²) in [5.41, 5.74) is 1.21. The van der Waals surface area contributed by atoms with Crippen LogP contribution in [0.2, 0.25) is 0 Å². The van der Waals surface area contributed by atoms with E-state index >= 15 is 0 Å². The molecule has 0 saturated heterocycles. The van der Waals surface area contributed by atoms with Crippen LogP contribution in [0.4, 0.5) is 0 Å². The highest BCUT2D eigenvalue weighted by molar-refractivity contribution is 5.16. The molecule has 3 heteroatoms. The molecule has 1 heterocycles. The van der Waals surface area contributed by atoms with Crippen molar-refractivity contribution in [1.29, 1.82) is 0 Å². The molecule has 0 unspecified atom stereocenters. The standard InChI is InChI=1S/C12H12N2O/c1-2-15-12-13-8-9-14(12)10-11-6-4-3-5-7-11/h2-9H,1,10H2. The zero-order valence-corrected chi connectivity index (χ0v) is 8.34. The second-order valence-corrected chi connectivity index (χ2v) is 3.11. The minimum atomic E-state index is 0.564. The van der Waals surface area contributed by atoms with E-state index in [-0.39, 0.29) is 0 Å². The van der Waals surface area contributed by atoms with Gasteiger partial charge in [0.1, 0.15) is 0 Å². The topological polar surface area (TPSA) is 27.1 Å². The minimum Gasteiger partial charge on any atom is -0.434 e. The molecule has 15 heavy (non-hydrogen) atoms. The van der Waals surface area contributed by atoms with Gasteiger partial charge in [-0.25, -0.2) is 4.98 Å². The summed E-state index contributed by atoms with van der Waals surface area (Å²) in [5.74, 6) is 0. The fraction of sp³-hybridized carbons (Fsp3) is 0.0833. The van der Waals surface area contributed by atoms with Crippen LogP contribution in [0.15, 0.2) is 55.6 Å². The molecule has 0 aliphatic carbocycles. The smallest absolute Gasteiger partial charge is 0.301 e. The van der Waals surface area contributed by atoms with Crippen LogP contribution in [-0.2, 0) is 6.54 Å². The summed E-state index contributed by atoms with van der Waals surface area (Å²) < 4.78 is 7.09. The zero-order valence-electron chi connectivity index (χ0n) is 8.34. The Hall–Kier alpha value is -2.03. The minimum absolute atomic E-state index is 0.564. The van der Waals surface area contributed by atoms with Gasteiger partial charge in [0, 0.05) is 12.4 Å². The fourth-order valence-electron chi connectivity index (χ4n) is 1.39. The van der Waals surface area contributed by atoms with E-state index < -0.39 is 0 Å². The van der Waals surface area contributed by atoms with Crippen LogP contribution in [0, 0.1) is 0 Å². The Morgan fingerprint density at radius 1 is 1.33 bits per heavy atom. The number of ether oxygens (including phenoxy) is 1. The second-order valence-electron chi connectivity index (χ2n) is 3.11. The SMILES string of the molecule is C=COc1nccn1Cc1ccccc1. The summed E-state index contributed by atoms with van der Waals surface area (Å²) in [4.78, 5) is 4.07. The van der Waals surface area contributed by atoms with Gasteiger partial charge in [0.05, 0.1) is 12.8 Å². The maximum Gasteiger partial charge on any atom is 0.301 e. The Morgan fingerprint density at radius 3 is 2.87 bits per heavy atom. The molecular formula is C12H12N2O. The van der Waals surface area contributed by atoms with Crippen molar-refractivity contribution in [2.75, 3.05) is 0 Å². The molecule has 76 valence electrons. The zero-order chi connectivity index (χ0) is 10.5. The lowest BCUT2D eigenvalue weighted by Gasteiger charge is -2.05. The van der Waals surface area contributed by atoms with Crippen molar-refractivity contribution in [3.05, 3.63) is 61.1 Å². The lowest BCUT2D eigenvalue weighted by Crippen LogP contribution is -2.00. The van der Waals surface area contributed by atoms with Crippen LogP contribution in [-0.4, -0.2) is 9.55 Å². The monoisotopic (exact) mass is 200 g/mol. The average molecular weight is 200 g/mol. The van der Waals surface area contributed by atoms with Gasteiger partial charge in [0.15, 0.2) is 0 Å². The highest BCUT2D eigenvalue weighted by Gasteiger charge is 2.02. The molecule has 2 rings (SSSR count). The number of benzene rings is 1. The van der Waals surface area contributed by atoms with Gasteiger partial charge in [-0.3, -0.25) is 4.57 Å². The van der Waals surface area contributed by atoms with E-state index in [9.17, 15) is 0 Å². The maximum atomic E-state index is 5.16.